The number of rotatable bonds is 5. The van der Waals surface area contributed by atoms with Crippen molar-refractivity contribution < 1.29 is 9.90 Å². The highest BCUT2D eigenvalue weighted by molar-refractivity contribution is 5.82. The lowest BCUT2D eigenvalue weighted by Crippen LogP contribution is -2.51. The lowest BCUT2D eigenvalue weighted by Gasteiger charge is -2.31. The van der Waals surface area contributed by atoms with Crippen LogP contribution in [0.15, 0.2) is 0 Å². The standard InChI is InChI=1S/C11H24N2O2/c1-5-6-13(7-8-14)10(15)9(12)11(2,3)4/h9,14H,5-8,12H2,1-4H3. The van der Waals surface area contributed by atoms with Crippen molar-refractivity contribution in [3.63, 3.8) is 0 Å². The van der Waals surface area contributed by atoms with Gasteiger partial charge in [-0.1, -0.05) is 27.7 Å². The predicted molar refractivity (Wildman–Crippen MR) is 61.4 cm³/mol. The summed E-state index contributed by atoms with van der Waals surface area (Å²) in [7, 11) is 0. The number of amides is 1. The van der Waals surface area contributed by atoms with Gasteiger partial charge in [0.1, 0.15) is 0 Å². The maximum atomic E-state index is 12.0. The summed E-state index contributed by atoms with van der Waals surface area (Å²) in [6.07, 6.45) is 0.878. The Morgan fingerprint density at radius 2 is 1.93 bits per heavy atom. The van der Waals surface area contributed by atoms with Gasteiger partial charge in [0.25, 0.3) is 0 Å². The Morgan fingerprint density at radius 1 is 1.40 bits per heavy atom. The molecule has 1 amide bonds. The van der Waals surface area contributed by atoms with Gasteiger partial charge in [0.15, 0.2) is 0 Å². The van der Waals surface area contributed by atoms with Crippen LogP contribution < -0.4 is 5.73 Å². The molecule has 1 unspecified atom stereocenters. The Balaban J connectivity index is 4.48. The third kappa shape index (κ3) is 4.62. The lowest BCUT2D eigenvalue weighted by atomic mass is 9.86. The van der Waals surface area contributed by atoms with E-state index in [1.54, 1.807) is 4.90 Å². The molecule has 0 aromatic heterocycles. The highest BCUT2D eigenvalue weighted by Crippen LogP contribution is 2.19. The minimum Gasteiger partial charge on any atom is -0.395 e. The molecule has 0 spiro atoms. The maximum absolute atomic E-state index is 12.0. The van der Waals surface area contributed by atoms with Crippen LogP contribution in [0, 0.1) is 5.41 Å². The van der Waals surface area contributed by atoms with Gasteiger partial charge in [-0.05, 0) is 11.8 Å². The molecule has 0 radical (unpaired) electrons. The van der Waals surface area contributed by atoms with Crippen molar-refractivity contribution in [1.82, 2.24) is 4.90 Å². The summed E-state index contributed by atoms with van der Waals surface area (Å²) in [5.41, 5.74) is 5.65. The Morgan fingerprint density at radius 3 is 2.27 bits per heavy atom. The number of nitrogens with two attached hydrogens (primary N) is 1. The highest BCUT2D eigenvalue weighted by Gasteiger charge is 2.30. The van der Waals surface area contributed by atoms with Crippen LogP contribution >= 0.6 is 0 Å². The van der Waals surface area contributed by atoms with E-state index in [0.717, 1.165) is 6.42 Å². The van der Waals surface area contributed by atoms with Crippen LogP contribution in [0.1, 0.15) is 34.1 Å². The minimum absolute atomic E-state index is 0.0113. The average molecular weight is 216 g/mol. The molecule has 0 heterocycles. The van der Waals surface area contributed by atoms with Crippen LogP contribution in [0.4, 0.5) is 0 Å². The normalized spacial score (nSPS) is 13.7. The number of carbonyl (C=O) groups is 1. The molecular weight excluding hydrogens is 192 g/mol. The van der Waals surface area contributed by atoms with E-state index >= 15 is 0 Å². The van der Waals surface area contributed by atoms with E-state index in [-0.39, 0.29) is 17.9 Å². The van der Waals surface area contributed by atoms with Gasteiger partial charge in [-0.25, -0.2) is 0 Å². The number of carbonyl (C=O) groups excluding carboxylic acids is 1. The quantitative estimate of drug-likeness (QED) is 0.707. The third-order valence-electron chi connectivity index (χ3n) is 2.37. The third-order valence-corrected chi connectivity index (χ3v) is 2.37. The van der Waals surface area contributed by atoms with Crippen molar-refractivity contribution in [2.45, 2.75) is 40.2 Å². The Kier molecular flexibility index (Phi) is 5.83. The first-order chi connectivity index (χ1) is 6.84. The number of nitrogens with zero attached hydrogens (tertiary/aromatic N) is 1. The molecule has 1 atom stereocenters. The van der Waals surface area contributed by atoms with Gasteiger partial charge >= 0.3 is 0 Å². The molecule has 0 bridgehead atoms. The van der Waals surface area contributed by atoms with Gasteiger partial charge in [-0.15, -0.1) is 0 Å². The summed E-state index contributed by atoms with van der Waals surface area (Å²) in [6, 6.07) is -0.504. The molecule has 15 heavy (non-hydrogen) atoms. The van der Waals surface area contributed by atoms with E-state index in [9.17, 15) is 4.79 Å². The first-order valence-corrected chi connectivity index (χ1v) is 5.49. The molecule has 4 nitrogen and oxygen atoms in total. The molecule has 0 saturated heterocycles. The van der Waals surface area contributed by atoms with Crippen molar-refractivity contribution in [3.05, 3.63) is 0 Å². The van der Waals surface area contributed by atoms with Crippen LogP contribution in [0.25, 0.3) is 0 Å². The molecule has 0 aromatic rings. The van der Waals surface area contributed by atoms with Crippen LogP contribution in [0.5, 0.6) is 0 Å². The minimum atomic E-state index is -0.504. The zero-order valence-electron chi connectivity index (χ0n) is 10.3. The van der Waals surface area contributed by atoms with Crippen molar-refractivity contribution in [2.75, 3.05) is 19.7 Å². The van der Waals surface area contributed by atoms with Crippen LogP contribution in [-0.2, 0) is 4.79 Å². The van der Waals surface area contributed by atoms with Crippen molar-refractivity contribution in [1.29, 1.82) is 0 Å². The fraction of sp³-hybridized carbons (Fsp3) is 0.909. The zero-order chi connectivity index (χ0) is 12.1. The molecule has 0 fully saturated rings. The molecule has 0 aliphatic rings. The van der Waals surface area contributed by atoms with E-state index in [4.69, 9.17) is 10.8 Å². The largest absolute Gasteiger partial charge is 0.395 e. The SMILES string of the molecule is CCCN(CCO)C(=O)C(N)C(C)(C)C. The summed E-state index contributed by atoms with van der Waals surface area (Å²) in [5.74, 6) is -0.0709. The van der Waals surface area contributed by atoms with Gasteiger partial charge in [-0.2, -0.15) is 0 Å². The lowest BCUT2D eigenvalue weighted by molar-refractivity contribution is -0.135. The first kappa shape index (κ1) is 14.4. The Hall–Kier alpha value is -0.610. The summed E-state index contributed by atoms with van der Waals surface area (Å²) in [6.45, 7) is 8.85. The van der Waals surface area contributed by atoms with Gasteiger partial charge in [0.05, 0.1) is 12.6 Å². The number of hydrogen-bond acceptors (Lipinski definition) is 3. The molecule has 0 saturated carbocycles. The topological polar surface area (TPSA) is 66.6 Å². The summed E-state index contributed by atoms with van der Waals surface area (Å²) >= 11 is 0. The van der Waals surface area contributed by atoms with E-state index in [1.165, 1.54) is 0 Å². The molecule has 90 valence electrons. The molecule has 0 aliphatic heterocycles. The second-order valence-corrected chi connectivity index (χ2v) is 4.89. The first-order valence-electron chi connectivity index (χ1n) is 5.49. The van der Waals surface area contributed by atoms with Gasteiger partial charge in [-0.3, -0.25) is 4.79 Å². The number of aliphatic hydroxyl groups is 1. The smallest absolute Gasteiger partial charge is 0.240 e. The zero-order valence-corrected chi connectivity index (χ0v) is 10.3. The molecule has 3 N–H and O–H groups in total. The van der Waals surface area contributed by atoms with Crippen molar-refractivity contribution in [3.8, 4) is 0 Å². The predicted octanol–water partition coefficient (Wildman–Crippen LogP) is 0.591. The van der Waals surface area contributed by atoms with Crippen molar-refractivity contribution >= 4 is 5.91 Å². The fourth-order valence-electron chi connectivity index (χ4n) is 1.29. The van der Waals surface area contributed by atoms with Crippen LogP contribution in [0.2, 0.25) is 0 Å². The fourth-order valence-corrected chi connectivity index (χ4v) is 1.29. The Labute approximate surface area is 92.4 Å². The summed E-state index contributed by atoms with van der Waals surface area (Å²) < 4.78 is 0. The maximum Gasteiger partial charge on any atom is 0.240 e. The van der Waals surface area contributed by atoms with Crippen LogP contribution in [-0.4, -0.2) is 41.7 Å². The molecule has 0 aliphatic carbocycles. The van der Waals surface area contributed by atoms with Crippen LogP contribution in [0.3, 0.4) is 0 Å². The van der Waals surface area contributed by atoms with Gasteiger partial charge < -0.3 is 15.7 Å². The number of aliphatic hydroxyl groups excluding tert-OH is 1. The van der Waals surface area contributed by atoms with Gasteiger partial charge in [0.2, 0.25) is 5.91 Å². The summed E-state index contributed by atoms with van der Waals surface area (Å²) in [4.78, 5) is 13.6. The highest BCUT2D eigenvalue weighted by atomic mass is 16.3. The van der Waals surface area contributed by atoms with Gasteiger partial charge in [0, 0.05) is 13.1 Å². The Bertz CT molecular complexity index is 193. The van der Waals surface area contributed by atoms with E-state index in [1.807, 2.05) is 27.7 Å². The molecular formula is C11H24N2O2. The van der Waals surface area contributed by atoms with E-state index < -0.39 is 6.04 Å². The second-order valence-electron chi connectivity index (χ2n) is 4.89. The van der Waals surface area contributed by atoms with E-state index in [0.29, 0.717) is 13.1 Å². The number of hydrogen-bond donors (Lipinski definition) is 2. The molecule has 4 heteroatoms. The summed E-state index contributed by atoms with van der Waals surface area (Å²) in [5, 5.41) is 8.86. The van der Waals surface area contributed by atoms with Crippen molar-refractivity contribution in [2.24, 2.45) is 11.1 Å². The average Bonchev–Trinajstić information content (AvgIpc) is 2.14. The van der Waals surface area contributed by atoms with E-state index in [2.05, 4.69) is 0 Å². The second kappa shape index (κ2) is 6.08. The molecule has 0 rings (SSSR count). The monoisotopic (exact) mass is 216 g/mol. The molecule has 0 aromatic carbocycles.